The number of aryl methyl sites for hydroxylation is 8. The molecule has 1 aromatic heterocycles. The van der Waals surface area contributed by atoms with Gasteiger partial charge in [-0.3, -0.25) is 49.1 Å². The molecule has 8 aliphatic rings. The number of aliphatic carboxylic acids is 2. The zero-order valence-electron chi connectivity index (χ0n) is 70.9. The quantitative estimate of drug-likeness (QED) is 0.0113. The van der Waals surface area contributed by atoms with E-state index in [0.717, 1.165) is 134 Å². The van der Waals surface area contributed by atoms with Crippen LogP contribution in [0.1, 0.15) is 87.0 Å². The second kappa shape index (κ2) is 45.4. The van der Waals surface area contributed by atoms with Crippen LogP contribution >= 0.6 is 12.4 Å². The number of carboxylic acid groups (broad SMARTS) is 2. The fourth-order valence-corrected chi connectivity index (χ4v) is 12.8. The maximum Gasteiger partial charge on any atom is 0.490 e. The maximum absolute atomic E-state index is 12.3. The highest BCUT2D eigenvalue weighted by atomic mass is 35.5. The molecule has 0 bridgehead atoms. The highest BCUT2D eigenvalue weighted by Gasteiger charge is 2.39. The number of unbranched alkanes of at least 4 members (excludes halogenated alkanes) is 2. The van der Waals surface area contributed by atoms with Crippen molar-refractivity contribution in [3.05, 3.63) is 242 Å². The SMILES string of the molecule is Cc1cc2nc3c(=O)[nH]c(=O)nc-3n(CCNCCCCCN)c2cc1C.Cc1cc2nc3c(=O)[nH]c(=O)nc-3n(CCNCCCN=C(N)N)c2cc1C.Cc1cc2nc3c(=O)[nH]c(=O)nc-3n(CCNCc3ccc(CN)cc3)c2cc1C.Cc1cc2nc3c(=O)[nH]c(=O)nc-3n(CCNCc3ccccn3)c2cc1C.Cl.O=C(O)C(F)(F)F.O=C(O)C(F)(F)F. The Morgan fingerprint density at radius 2 is 0.711 bits per heavy atom. The topological polar surface area (TPSA) is 575 Å². The van der Waals surface area contributed by atoms with Gasteiger partial charge in [0.15, 0.2) is 52.0 Å². The van der Waals surface area contributed by atoms with Crippen molar-refractivity contribution in [2.24, 2.45) is 27.9 Å². The van der Waals surface area contributed by atoms with Crippen LogP contribution in [0.3, 0.4) is 0 Å². The molecule has 0 spiro atoms. The van der Waals surface area contributed by atoms with Crippen molar-refractivity contribution in [1.82, 2.24) is 104 Å². The summed E-state index contributed by atoms with van der Waals surface area (Å²) in [5, 5.41) is 27.7. The first-order valence-electron chi connectivity index (χ1n) is 39.8. The molecule has 0 atom stereocenters. The predicted octanol–water partition coefficient (Wildman–Crippen LogP) is 4.90. The minimum atomic E-state index is -5.08. The van der Waals surface area contributed by atoms with E-state index in [1.807, 2.05) is 153 Å². The molecule has 0 amide bonds. The van der Waals surface area contributed by atoms with Crippen molar-refractivity contribution in [1.29, 1.82) is 0 Å². The number of hydrogen-bond donors (Lipinski definition) is 14. The number of rotatable bonds is 26. The summed E-state index contributed by atoms with van der Waals surface area (Å²) in [5.74, 6) is -4.23. The molecule has 0 saturated carbocycles. The number of halogens is 7. The van der Waals surface area contributed by atoms with E-state index in [1.54, 1.807) is 6.20 Å². The van der Waals surface area contributed by atoms with E-state index in [1.165, 1.54) is 0 Å². The molecular weight excluding hydrogens is 1700 g/mol. The Bertz CT molecular complexity index is 6630. The van der Waals surface area contributed by atoms with Crippen molar-refractivity contribution in [3.8, 4) is 46.1 Å². The van der Waals surface area contributed by atoms with Crippen molar-refractivity contribution >= 4 is 74.4 Å². The molecule has 128 heavy (non-hydrogen) atoms. The van der Waals surface area contributed by atoms with Crippen LogP contribution in [0.4, 0.5) is 26.3 Å². The number of aliphatic imine (C=N–C) groups is 1. The molecule has 0 radical (unpaired) electrons. The molecule has 14 rings (SSSR count). The first-order valence-corrected chi connectivity index (χ1v) is 39.8. The van der Waals surface area contributed by atoms with Crippen LogP contribution in [0.25, 0.3) is 90.2 Å². The minimum absolute atomic E-state index is 0. The normalized spacial score (nSPS) is 11.3. The number of nitrogens with two attached hydrogens (primary N) is 4. The first-order chi connectivity index (χ1) is 60.2. The number of aromatic nitrogens is 17. The number of fused-ring (bicyclic) bond motifs is 8. The molecule has 0 unspecified atom stereocenters. The Balaban J connectivity index is 0.000000200. The molecule has 6 aromatic rings. The molecular formula is C83H97ClF6N26O12. The van der Waals surface area contributed by atoms with E-state index in [4.69, 9.17) is 42.7 Å². The smallest absolute Gasteiger partial charge is 0.475 e. The molecule has 38 nitrogen and oxygen atoms in total. The standard InChI is InChI=1S/C22H24N6O2.C20H20N6O2.C19H26N6O2.C18H24N8O2.2C2HF3O2.ClH/c1-13-9-17-18(10-14(13)2)28(20-19(25-17)21(29)27-22(30)26-20)8-7-24-12-16-5-3-15(11-23)4-6-16;1-12-9-15-16(10-13(12)2)26(8-7-21-11-14-5-3-4-6-22-14)18-17(23-15)19(27)25-20(28)24-18;1-12-10-14-15(11-13(12)2)25(9-8-21-7-5-3-4-6-20)17-16(22-14)18(26)24-19(27)23-17;1-10-8-12-13(9-11(10)2)26(7-6-21-4-3-5-22-17(19)20)15-14(23-12)16(27)25-18(28)24-15;2*3-2(4,5)1(6)7;/h3-6,9-10,24H,7-8,11-12,23H2,1-2H3,(H,27,29,30);3-6,9-10,21H,7-8,11H2,1-2H3,(H,25,27,28);10-11,21H,3-9,20H2,1-2H3,(H,24,26,27);8-9,21H,3-7H2,1-2H3,(H4,19,20,22)(H,25,27,28);2*(H,6,7);1H. The summed E-state index contributed by atoms with van der Waals surface area (Å²) in [5.41, 5.74) is 35.9. The lowest BCUT2D eigenvalue weighted by atomic mass is 10.1. The zero-order valence-corrected chi connectivity index (χ0v) is 71.7. The number of carboxylic acids is 2. The summed E-state index contributed by atoms with van der Waals surface area (Å²) in [6.45, 7) is 25.6. The van der Waals surface area contributed by atoms with Gasteiger partial charge in [-0.25, -0.2) is 48.7 Å². The van der Waals surface area contributed by atoms with Gasteiger partial charge in [0.05, 0.1) is 49.8 Å². The number of guanidine groups is 1. The second-order valence-electron chi connectivity index (χ2n) is 29.2. The molecule has 45 heteroatoms. The lowest BCUT2D eigenvalue weighted by Crippen LogP contribution is -2.30. The molecule has 5 aromatic carbocycles. The van der Waals surface area contributed by atoms with Crippen LogP contribution in [-0.2, 0) is 55.4 Å². The number of H-pyrrole nitrogens is 4. The van der Waals surface area contributed by atoms with Crippen LogP contribution in [0.2, 0.25) is 0 Å². The highest BCUT2D eigenvalue weighted by Crippen LogP contribution is 2.29. The van der Waals surface area contributed by atoms with Gasteiger partial charge in [-0.1, -0.05) is 36.8 Å². The van der Waals surface area contributed by atoms with E-state index in [2.05, 4.69) is 103 Å². The van der Waals surface area contributed by atoms with Gasteiger partial charge in [-0.2, -0.15) is 46.3 Å². The second-order valence-corrected chi connectivity index (χ2v) is 29.2. The highest BCUT2D eigenvalue weighted by molar-refractivity contribution is 5.86. The van der Waals surface area contributed by atoms with E-state index in [9.17, 15) is 64.7 Å². The van der Waals surface area contributed by atoms with Gasteiger partial charge < -0.3 is 72.7 Å². The Morgan fingerprint density at radius 3 is 1.01 bits per heavy atom. The van der Waals surface area contributed by atoms with Crippen LogP contribution < -0.4 is 89.2 Å². The summed E-state index contributed by atoms with van der Waals surface area (Å²) < 4.78 is 71.0. The predicted molar refractivity (Wildman–Crippen MR) is 473 cm³/mol. The fourth-order valence-electron chi connectivity index (χ4n) is 12.8. The van der Waals surface area contributed by atoms with Crippen molar-refractivity contribution in [2.75, 3.05) is 52.4 Å². The molecule has 18 N–H and O–H groups in total. The molecule has 680 valence electrons. The summed E-state index contributed by atoms with van der Waals surface area (Å²) in [6, 6.07) is 29.8. The maximum atomic E-state index is 12.3. The Kier molecular flexibility index (Phi) is 35.3. The number of aromatic amines is 4. The number of nitrogens with one attached hydrogen (secondary N) is 8. The van der Waals surface area contributed by atoms with Gasteiger partial charge in [0.1, 0.15) is 0 Å². The average molecular weight is 1800 g/mol. The third-order valence-electron chi connectivity index (χ3n) is 19.9. The third kappa shape index (κ3) is 26.9. The summed E-state index contributed by atoms with van der Waals surface area (Å²) in [7, 11) is 0. The van der Waals surface area contributed by atoms with Gasteiger partial charge in [-0.05, 0) is 211 Å². The lowest BCUT2D eigenvalue weighted by Gasteiger charge is -2.18. The molecule has 0 saturated heterocycles. The number of pyridine rings is 1. The van der Waals surface area contributed by atoms with Crippen LogP contribution in [0, 0.1) is 55.4 Å². The average Bonchev–Trinajstić information content (AvgIpc) is 0.771. The van der Waals surface area contributed by atoms with E-state index in [0.29, 0.717) is 113 Å². The van der Waals surface area contributed by atoms with Gasteiger partial charge in [-0.15, -0.1) is 12.4 Å². The minimum Gasteiger partial charge on any atom is -0.475 e. The monoisotopic (exact) mass is 1800 g/mol. The van der Waals surface area contributed by atoms with Gasteiger partial charge in [0.2, 0.25) is 0 Å². The van der Waals surface area contributed by atoms with Crippen LogP contribution in [-0.4, -0.2) is 176 Å². The lowest BCUT2D eigenvalue weighted by molar-refractivity contribution is -0.193. The fraction of sp³-hybridized carbons (Fsp3) is 0.349. The summed E-state index contributed by atoms with van der Waals surface area (Å²) in [4.78, 5) is 165. The number of nitrogens with zero attached hydrogens (tertiary/aromatic N) is 14. The number of benzene rings is 5. The summed E-state index contributed by atoms with van der Waals surface area (Å²) >= 11 is 0. The van der Waals surface area contributed by atoms with Gasteiger partial charge in [0, 0.05) is 84.7 Å². The Morgan fingerprint density at radius 1 is 0.406 bits per heavy atom. The van der Waals surface area contributed by atoms with E-state index in [-0.39, 0.29) is 47.0 Å². The first kappa shape index (κ1) is 99.6. The molecule has 9 heterocycles. The van der Waals surface area contributed by atoms with E-state index >= 15 is 0 Å². The molecule has 0 aliphatic carbocycles. The van der Waals surface area contributed by atoms with Crippen molar-refractivity contribution in [3.63, 3.8) is 0 Å². The Hall–Kier alpha value is -13.8. The Labute approximate surface area is 729 Å². The third-order valence-corrected chi connectivity index (χ3v) is 19.9. The zero-order chi connectivity index (χ0) is 92.7. The van der Waals surface area contributed by atoms with Gasteiger partial charge >= 0.3 is 47.1 Å². The van der Waals surface area contributed by atoms with E-state index < -0.39 is 69.3 Å². The van der Waals surface area contributed by atoms with Crippen molar-refractivity contribution in [2.45, 2.75) is 139 Å². The molecule has 8 aliphatic heterocycles. The number of hydrogen-bond acceptors (Lipinski definition) is 26. The van der Waals surface area contributed by atoms with Crippen LogP contribution in [0.5, 0.6) is 0 Å². The van der Waals surface area contributed by atoms with Crippen molar-refractivity contribution < 1.29 is 46.1 Å². The molecule has 0 fully saturated rings. The summed E-state index contributed by atoms with van der Waals surface area (Å²) in [6.07, 6.45) is -4.41. The van der Waals surface area contributed by atoms with Crippen LogP contribution in [0.15, 0.2) is 141 Å². The largest absolute Gasteiger partial charge is 0.490 e. The number of carbonyl (C=O) groups is 2. The van der Waals surface area contributed by atoms with Gasteiger partial charge in [0.25, 0.3) is 22.2 Å². The number of alkyl halides is 6.